The molecule has 2 rings (SSSR count). The Hall–Kier alpha value is -2.29. The van der Waals surface area contributed by atoms with Crippen molar-refractivity contribution in [1.29, 1.82) is 0 Å². The van der Waals surface area contributed by atoms with Crippen LogP contribution in [0.5, 0.6) is 5.75 Å². The molecule has 0 aliphatic heterocycles. The number of carboxylic acid groups (broad SMARTS) is 1. The minimum Gasteiger partial charge on any atom is -0.449 e. The normalized spacial score (nSPS) is 10.7. The van der Waals surface area contributed by atoms with Gasteiger partial charge >= 0.3 is 6.16 Å². The molecule has 3 heteroatoms. The average molecular weight is 354 g/mol. The summed E-state index contributed by atoms with van der Waals surface area (Å²) in [5, 5.41) is 9.03. The monoisotopic (exact) mass is 354 g/mol. The molecule has 2 aromatic carbocycles. The van der Waals surface area contributed by atoms with Crippen LogP contribution in [0, 0.1) is 0 Å². The molecule has 0 heterocycles. The lowest BCUT2D eigenvalue weighted by Crippen LogP contribution is -2.04. The van der Waals surface area contributed by atoms with Crippen molar-refractivity contribution in [1.82, 2.24) is 0 Å². The third-order valence-electron chi connectivity index (χ3n) is 4.64. The molecule has 0 saturated carbocycles. The molecule has 0 aliphatic carbocycles. The van der Waals surface area contributed by atoms with Crippen molar-refractivity contribution in [3.05, 3.63) is 53.6 Å². The predicted molar refractivity (Wildman–Crippen MR) is 107 cm³/mol. The maximum atomic E-state index is 11.0. The van der Waals surface area contributed by atoms with Gasteiger partial charge in [0.25, 0.3) is 0 Å². The number of hydrogen-bond acceptors (Lipinski definition) is 2. The van der Waals surface area contributed by atoms with Gasteiger partial charge in [0, 0.05) is 5.56 Å². The van der Waals surface area contributed by atoms with E-state index in [9.17, 15) is 4.79 Å². The van der Waals surface area contributed by atoms with E-state index in [4.69, 9.17) is 9.84 Å². The Labute approximate surface area is 157 Å². The van der Waals surface area contributed by atoms with Crippen molar-refractivity contribution in [2.45, 2.75) is 65.2 Å². The Morgan fingerprint density at radius 2 is 1.50 bits per heavy atom. The van der Waals surface area contributed by atoms with E-state index in [0.29, 0.717) is 5.75 Å². The van der Waals surface area contributed by atoms with E-state index >= 15 is 0 Å². The van der Waals surface area contributed by atoms with Crippen molar-refractivity contribution in [3.63, 3.8) is 0 Å². The fourth-order valence-corrected chi connectivity index (χ4v) is 3.13. The van der Waals surface area contributed by atoms with Gasteiger partial charge in [0.05, 0.1) is 0 Å². The maximum absolute atomic E-state index is 11.0. The summed E-state index contributed by atoms with van der Waals surface area (Å²) < 4.78 is 5.01. The summed E-state index contributed by atoms with van der Waals surface area (Å²) in [6.45, 7) is 4.40. The van der Waals surface area contributed by atoms with Gasteiger partial charge in [-0.3, -0.25) is 0 Å². The molecule has 0 amide bonds. The van der Waals surface area contributed by atoms with Crippen LogP contribution in [0.25, 0.3) is 11.1 Å². The number of rotatable bonds is 10. The highest BCUT2D eigenvalue weighted by Gasteiger charge is 2.11. The molecule has 0 bridgehead atoms. The van der Waals surface area contributed by atoms with Gasteiger partial charge in [0.15, 0.2) is 0 Å². The standard InChI is InChI=1S/C23H30O3/c1-3-5-7-8-10-19-13-16-22(26-23(24)25)21(17-19)20-14-11-18(12-15-20)9-6-4-2/h11-17H,3-10H2,1-2H3,(H,24,25). The van der Waals surface area contributed by atoms with Crippen molar-refractivity contribution in [3.8, 4) is 16.9 Å². The number of hydrogen-bond donors (Lipinski definition) is 1. The molecule has 0 aliphatic rings. The van der Waals surface area contributed by atoms with Gasteiger partial charge in [-0.05, 0) is 54.5 Å². The highest BCUT2D eigenvalue weighted by atomic mass is 16.7. The number of carbonyl (C=O) groups is 1. The Morgan fingerprint density at radius 1 is 0.846 bits per heavy atom. The first-order chi connectivity index (χ1) is 12.6. The van der Waals surface area contributed by atoms with E-state index in [1.54, 1.807) is 6.07 Å². The van der Waals surface area contributed by atoms with E-state index in [0.717, 1.165) is 30.4 Å². The minimum atomic E-state index is -1.28. The second-order valence-corrected chi connectivity index (χ2v) is 6.81. The van der Waals surface area contributed by atoms with Gasteiger partial charge in [0.2, 0.25) is 0 Å². The Kier molecular flexibility index (Phi) is 8.20. The van der Waals surface area contributed by atoms with Gasteiger partial charge in [-0.15, -0.1) is 0 Å². The lowest BCUT2D eigenvalue weighted by molar-refractivity contribution is 0.144. The van der Waals surface area contributed by atoms with Gasteiger partial charge in [-0.2, -0.15) is 0 Å². The Balaban J connectivity index is 2.22. The maximum Gasteiger partial charge on any atom is 0.511 e. The topological polar surface area (TPSA) is 46.5 Å². The van der Waals surface area contributed by atoms with Crippen LogP contribution in [0.4, 0.5) is 4.79 Å². The molecule has 140 valence electrons. The largest absolute Gasteiger partial charge is 0.511 e. The van der Waals surface area contributed by atoms with Crippen LogP contribution in [0.1, 0.15) is 63.5 Å². The molecule has 0 spiro atoms. The van der Waals surface area contributed by atoms with E-state index in [2.05, 4.69) is 44.2 Å². The smallest absolute Gasteiger partial charge is 0.449 e. The molecule has 1 N–H and O–H groups in total. The highest BCUT2D eigenvalue weighted by Crippen LogP contribution is 2.32. The van der Waals surface area contributed by atoms with E-state index in [1.165, 1.54) is 43.2 Å². The molecule has 0 radical (unpaired) electrons. The van der Waals surface area contributed by atoms with Crippen LogP contribution in [0.15, 0.2) is 42.5 Å². The summed E-state index contributed by atoms with van der Waals surface area (Å²) in [5.41, 5.74) is 4.38. The molecule has 3 nitrogen and oxygen atoms in total. The molecular formula is C23H30O3. The van der Waals surface area contributed by atoms with Crippen molar-refractivity contribution in [2.75, 3.05) is 0 Å². The number of unbranched alkanes of at least 4 members (excludes halogenated alkanes) is 4. The van der Waals surface area contributed by atoms with Crippen LogP contribution < -0.4 is 4.74 Å². The molecule has 0 atom stereocenters. The van der Waals surface area contributed by atoms with Crippen molar-refractivity contribution >= 4 is 6.16 Å². The first-order valence-electron chi connectivity index (χ1n) is 9.77. The molecule has 26 heavy (non-hydrogen) atoms. The molecule has 0 aromatic heterocycles. The second-order valence-electron chi connectivity index (χ2n) is 6.81. The zero-order valence-corrected chi connectivity index (χ0v) is 16.0. The third kappa shape index (κ3) is 6.21. The van der Waals surface area contributed by atoms with Gasteiger partial charge in [0.1, 0.15) is 5.75 Å². The minimum absolute atomic E-state index is 0.399. The van der Waals surface area contributed by atoms with Crippen molar-refractivity contribution < 1.29 is 14.6 Å². The first kappa shape index (κ1) is 20.0. The summed E-state index contributed by atoms with van der Waals surface area (Å²) in [7, 11) is 0. The van der Waals surface area contributed by atoms with Crippen LogP contribution in [0.3, 0.4) is 0 Å². The lowest BCUT2D eigenvalue weighted by atomic mass is 9.97. The number of benzene rings is 2. The fourth-order valence-electron chi connectivity index (χ4n) is 3.13. The molecule has 0 saturated heterocycles. The van der Waals surface area contributed by atoms with Gasteiger partial charge in [-0.1, -0.05) is 69.9 Å². The van der Waals surface area contributed by atoms with E-state index in [1.807, 2.05) is 6.07 Å². The zero-order chi connectivity index (χ0) is 18.8. The van der Waals surface area contributed by atoms with E-state index in [-0.39, 0.29) is 0 Å². The Bertz CT molecular complexity index is 689. The van der Waals surface area contributed by atoms with Crippen LogP contribution in [-0.4, -0.2) is 11.3 Å². The molecule has 0 unspecified atom stereocenters. The second kappa shape index (κ2) is 10.6. The average Bonchev–Trinajstić information content (AvgIpc) is 2.64. The molecular weight excluding hydrogens is 324 g/mol. The summed E-state index contributed by atoms with van der Waals surface area (Å²) in [4.78, 5) is 11.0. The summed E-state index contributed by atoms with van der Waals surface area (Å²) in [6.07, 6.45) is 8.03. The third-order valence-corrected chi connectivity index (χ3v) is 4.64. The van der Waals surface area contributed by atoms with Crippen LogP contribution >= 0.6 is 0 Å². The summed E-state index contributed by atoms with van der Waals surface area (Å²) in [6, 6.07) is 14.2. The van der Waals surface area contributed by atoms with E-state index < -0.39 is 6.16 Å². The number of aryl methyl sites for hydroxylation is 2. The summed E-state index contributed by atoms with van der Waals surface area (Å²) in [5.74, 6) is 0.399. The Morgan fingerprint density at radius 3 is 2.15 bits per heavy atom. The zero-order valence-electron chi connectivity index (χ0n) is 16.0. The molecule has 0 fully saturated rings. The van der Waals surface area contributed by atoms with Crippen LogP contribution in [-0.2, 0) is 12.8 Å². The fraction of sp³-hybridized carbons (Fsp3) is 0.435. The van der Waals surface area contributed by atoms with Crippen LogP contribution in [0.2, 0.25) is 0 Å². The molecule has 2 aromatic rings. The SMILES string of the molecule is CCCCCCc1ccc(OC(=O)O)c(-c2ccc(CCCC)cc2)c1. The van der Waals surface area contributed by atoms with Gasteiger partial charge in [-0.25, -0.2) is 4.79 Å². The first-order valence-corrected chi connectivity index (χ1v) is 9.77. The predicted octanol–water partition coefficient (Wildman–Crippen LogP) is 6.88. The highest BCUT2D eigenvalue weighted by molar-refractivity contribution is 5.75. The quantitative estimate of drug-likeness (QED) is 0.287. The number of ether oxygens (including phenoxy) is 1. The van der Waals surface area contributed by atoms with Crippen molar-refractivity contribution in [2.24, 2.45) is 0 Å². The van der Waals surface area contributed by atoms with Gasteiger partial charge < -0.3 is 9.84 Å². The summed E-state index contributed by atoms with van der Waals surface area (Å²) >= 11 is 0. The lowest BCUT2D eigenvalue weighted by Gasteiger charge is -2.12.